The van der Waals surface area contributed by atoms with Crippen LogP contribution in [0.1, 0.15) is 24.0 Å². The molecule has 2 heterocycles. The number of rotatable bonds is 6. The molecular weight excluding hydrogens is 434 g/mol. The number of anilines is 2. The molecule has 2 aliphatic heterocycles. The predicted octanol–water partition coefficient (Wildman–Crippen LogP) is 4.23. The highest BCUT2D eigenvalue weighted by atomic mass is 35.5. The third-order valence-corrected chi connectivity index (χ3v) is 7.11. The summed E-state index contributed by atoms with van der Waals surface area (Å²) < 4.78 is 2.38. The Labute approximate surface area is 191 Å². The second-order valence-corrected chi connectivity index (χ2v) is 9.52. The van der Waals surface area contributed by atoms with Gasteiger partial charge in [-0.1, -0.05) is 17.7 Å². The van der Waals surface area contributed by atoms with Crippen molar-refractivity contribution in [3.05, 3.63) is 52.5 Å². The first-order chi connectivity index (χ1) is 14.9. The first kappa shape index (κ1) is 22.0. The van der Waals surface area contributed by atoms with E-state index in [0.717, 1.165) is 48.9 Å². The van der Waals surface area contributed by atoms with E-state index >= 15 is 0 Å². The molecule has 0 radical (unpaired) electrons. The van der Waals surface area contributed by atoms with Crippen LogP contribution in [0.4, 0.5) is 11.4 Å². The highest BCUT2D eigenvalue weighted by molar-refractivity contribution is 7.97. The van der Waals surface area contributed by atoms with Gasteiger partial charge in [-0.25, -0.2) is 4.31 Å². The van der Waals surface area contributed by atoms with Gasteiger partial charge in [0.15, 0.2) is 0 Å². The molecule has 8 heteroatoms. The summed E-state index contributed by atoms with van der Waals surface area (Å²) in [5, 5.41) is 9.58. The zero-order valence-corrected chi connectivity index (χ0v) is 19.1. The third kappa shape index (κ3) is 5.17. The number of aryl methyl sites for hydroxylation is 1. The summed E-state index contributed by atoms with van der Waals surface area (Å²) in [5.41, 5.74) is 4.52. The van der Waals surface area contributed by atoms with Crippen LogP contribution in [-0.2, 0) is 16.0 Å². The lowest BCUT2D eigenvalue weighted by molar-refractivity contribution is -0.138. The molecule has 2 aliphatic rings. The van der Waals surface area contributed by atoms with Crippen LogP contribution in [0.2, 0.25) is 5.02 Å². The van der Waals surface area contributed by atoms with Crippen LogP contribution in [-0.4, -0.2) is 54.0 Å². The van der Waals surface area contributed by atoms with Gasteiger partial charge >= 0.3 is 5.97 Å². The van der Waals surface area contributed by atoms with Crippen molar-refractivity contribution in [3.63, 3.8) is 0 Å². The highest BCUT2D eigenvalue weighted by Gasteiger charge is 2.26. The minimum Gasteiger partial charge on any atom is -0.481 e. The molecule has 0 aliphatic carbocycles. The molecule has 0 bridgehead atoms. The number of carbonyl (C=O) groups excluding carboxylic acids is 1. The number of hydrogen-bond donors (Lipinski definition) is 1. The molecule has 0 aromatic heterocycles. The molecular formula is C23H26ClN3O3S. The van der Waals surface area contributed by atoms with Gasteiger partial charge < -0.3 is 14.9 Å². The molecule has 0 unspecified atom stereocenters. The third-order valence-electron chi connectivity index (χ3n) is 5.79. The normalized spacial score (nSPS) is 16.5. The second kappa shape index (κ2) is 9.51. The maximum Gasteiger partial charge on any atom is 0.303 e. The summed E-state index contributed by atoms with van der Waals surface area (Å²) in [4.78, 5) is 28.4. The largest absolute Gasteiger partial charge is 0.481 e. The molecule has 164 valence electrons. The lowest BCUT2D eigenvalue weighted by atomic mass is 10.1. The lowest BCUT2D eigenvalue weighted by Gasteiger charge is -2.36. The molecule has 0 atom stereocenters. The number of benzene rings is 2. The highest BCUT2D eigenvalue weighted by Crippen LogP contribution is 2.34. The molecule has 1 amide bonds. The Kier molecular flexibility index (Phi) is 6.74. The summed E-state index contributed by atoms with van der Waals surface area (Å²) in [6.45, 7) is 6.55. The van der Waals surface area contributed by atoms with Crippen LogP contribution in [0.25, 0.3) is 0 Å². The van der Waals surface area contributed by atoms with Gasteiger partial charge in [0.05, 0.1) is 6.42 Å². The Bertz CT molecular complexity index is 992. The average molecular weight is 460 g/mol. The van der Waals surface area contributed by atoms with Crippen LogP contribution in [0, 0.1) is 6.92 Å². The number of aliphatic carboxylic acids is 1. The van der Waals surface area contributed by atoms with Crippen LogP contribution < -0.4 is 9.80 Å². The molecule has 4 rings (SSSR count). The van der Waals surface area contributed by atoms with Crippen molar-refractivity contribution in [2.24, 2.45) is 0 Å². The molecule has 1 fully saturated rings. The van der Waals surface area contributed by atoms with Gasteiger partial charge in [-0.3, -0.25) is 9.59 Å². The second-order valence-electron chi connectivity index (χ2n) is 7.92. The van der Waals surface area contributed by atoms with E-state index < -0.39 is 5.97 Å². The first-order valence-corrected chi connectivity index (χ1v) is 11.6. The van der Waals surface area contributed by atoms with Gasteiger partial charge in [-0.15, -0.1) is 0 Å². The number of carboxylic acids is 1. The van der Waals surface area contributed by atoms with E-state index in [-0.39, 0.29) is 18.7 Å². The van der Waals surface area contributed by atoms with E-state index in [9.17, 15) is 9.59 Å². The SMILES string of the molecule is Cc1ccc(Cl)cc1N1CCN(Sc2ccc3c(c2)CCN3C(=O)CCC(=O)O)CC1. The molecule has 2 aromatic carbocycles. The van der Waals surface area contributed by atoms with E-state index in [2.05, 4.69) is 34.3 Å². The monoisotopic (exact) mass is 459 g/mol. The van der Waals surface area contributed by atoms with Crippen molar-refractivity contribution < 1.29 is 14.7 Å². The van der Waals surface area contributed by atoms with Crippen molar-refractivity contribution in [1.82, 2.24) is 4.31 Å². The van der Waals surface area contributed by atoms with Crippen molar-refractivity contribution in [2.45, 2.75) is 31.1 Å². The van der Waals surface area contributed by atoms with Crippen LogP contribution in [0.5, 0.6) is 0 Å². The fraction of sp³-hybridized carbons (Fsp3) is 0.391. The quantitative estimate of drug-likeness (QED) is 0.652. The first-order valence-electron chi connectivity index (χ1n) is 10.5. The van der Waals surface area contributed by atoms with Crippen molar-refractivity contribution in [2.75, 3.05) is 42.5 Å². The summed E-state index contributed by atoms with van der Waals surface area (Å²) in [6, 6.07) is 12.3. The Morgan fingerprint density at radius 3 is 2.52 bits per heavy atom. The van der Waals surface area contributed by atoms with Crippen molar-refractivity contribution >= 4 is 46.8 Å². The molecule has 1 N–H and O–H groups in total. The summed E-state index contributed by atoms with van der Waals surface area (Å²) in [7, 11) is 0. The van der Waals surface area contributed by atoms with Gasteiger partial charge in [0, 0.05) is 60.4 Å². The summed E-state index contributed by atoms with van der Waals surface area (Å²) >= 11 is 7.95. The number of piperazine rings is 1. The molecule has 6 nitrogen and oxygen atoms in total. The number of halogens is 1. The van der Waals surface area contributed by atoms with E-state index in [0.29, 0.717) is 6.54 Å². The zero-order chi connectivity index (χ0) is 22.0. The number of nitrogens with zero attached hydrogens (tertiary/aromatic N) is 3. The maximum absolute atomic E-state index is 12.3. The lowest BCUT2D eigenvalue weighted by Crippen LogP contribution is -2.43. The van der Waals surface area contributed by atoms with E-state index in [1.54, 1.807) is 16.8 Å². The molecule has 31 heavy (non-hydrogen) atoms. The van der Waals surface area contributed by atoms with Crippen LogP contribution >= 0.6 is 23.5 Å². The number of hydrogen-bond acceptors (Lipinski definition) is 5. The molecule has 0 spiro atoms. The molecule has 1 saturated heterocycles. The number of carbonyl (C=O) groups is 2. The minimum absolute atomic E-state index is 0.0433. The Balaban J connectivity index is 1.35. The van der Waals surface area contributed by atoms with Crippen LogP contribution in [0.3, 0.4) is 0 Å². The van der Waals surface area contributed by atoms with Crippen LogP contribution in [0.15, 0.2) is 41.3 Å². The van der Waals surface area contributed by atoms with Gasteiger partial charge in [0.25, 0.3) is 0 Å². The predicted molar refractivity (Wildman–Crippen MR) is 125 cm³/mol. The van der Waals surface area contributed by atoms with Gasteiger partial charge in [-0.05, 0) is 66.8 Å². The van der Waals surface area contributed by atoms with E-state index in [4.69, 9.17) is 16.7 Å². The van der Waals surface area contributed by atoms with Gasteiger partial charge in [-0.2, -0.15) is 0 Å². The van der Waals surface area contributed by atoms with Crippen molar-refractivity contribution in [1.29, 1.82) is 0 Å². The smallest absolute Gasteiger partial charge is 0.303 e. The fourth-order valence-corrected chi connectivity index (χ4v) is 5.27. The fourth-order valence-electron chi connectivity index (χ4n) is 4.14. The molecule has 2 aromatic rings. The van der Waals surface area contributed by atoms with Gasteiger partial charge in [0.1, 0.15) is 0 Å². The number of fused-ring (bicyclic) bond motifs is 1. The van der Waals surface area contributed by atoms with E-state index in [1.165, 1.54) is 16.1 Å². The minimum atomic E-state index is -0.940. The standard InChI is InChI=1S/C23H26ClN3O3S/c1-16-2-3-18(24)15-21(16)25-10-12-26(13-11-25)31-19-4-5-20-17(14-19)8-9-27(20)22(28)6-7-23(29)30/h2-5,14-15H,6-13H2,1H3,(H,29,30). The van der Waals surface area contributed by atoms with Crippen molar-refractivity contribution in [3.8, 4) is 0 Å². The Morgan fingerprint density at radius 2 is 1.77 bits per heavy atom. The summed E-state index contributed by atoms with van der Waals surface area (Å²) in [6.07, 6.45) is 0.727. The maximum atomic E-state index is 12.3. The summed E-state index contributed by atoms with van der Waals surface area (Å²) in [5.74, 6) is -1.06. The number of carboxylic acid groups (broad SMARTS) is 1. The molecule has 0 saturated carbocycles. The zero-order valence-electron chi connectivity index (χ0n) is 17.5. The Hall–Kier alpha value is -2.22. The Morgan fingerprint density at radius 1 is 1.00 bits per heavy atom. The topological polar surface area (TPSA) is 64.1 Å². The van der Waals surface area contributed by atoms with E-state index in [1.807, 2.05) is 18.2 Å². The van der Waals surface area contributed by atoms with Gasteiger partial charge in [0.2, 0.25) is 5.91 Å². The number of amides is 1. The average Bonchev–Trinajstić information content (AvgIpc) is 3.18.